The number of carbonyl (C=O) groups is 1. The molecule has 2 heterocycles. The molecule has 1 fully saturated rings. The van der Waals surface area contributed by atoms with E-state index in [1.807, 2.05) is 0 Å². The number of rotatable bonds is 2. The van der Waals surface area contributed by atoms with E-state index in [-0.39, 0.29) is 17.6 Å². The minimum atomic E-state index is -0.316. The van der Waals surface area contributed by atoms with E-state index in [1.54, 1.807) is 0 Å². The van der Waals surface area contributed by atoms with E-state index in [9.17, 15) is 4.79 Å². The predicted octanol–water partition coefficient (Wildman–Crippen LogP) is -0.248. The SMILES string of the molecule is CNC(=O)c1noc(C2CNCC2C)n1. The van der Waals surface area contributed by atoms with Gasteiger partial charge in [-0.25, -0.2) is 0 Å². The van der Waals surface area contributed by atoms with Crippen LogP contribution in [-0.2, 0) is 0 Å². The predicted molar refractivity (Wildman–Crippen MR) is 52.5 cm³/mol. The zero-order valence-electron chi connectivity index (χ0n) is 8.78. The van der Waals surface area contributed by atoms with Crippen LogP contribution in [0, 0.1) is 5.92 Å². The zero-order chi connectivity index (χ0) is 10.8. The van der Waals surface area contributed by atoms with E-state index in [2.05, 4.69) is 27.7 Å². The fourth-order valence-corrected chi connectivity index (χ4v) is 1.73. The molecule has 6 nitrogen and oxygen atoms in total. The lowest BCUT2D eigenvalue weighted by Crippen LogP contribution is -2.19. The Hall–Kier alpha value is -1.43. The molecular weight excluding hydrogens is 196 g/mol. The first-order chi connectivity index (χ1) is 7.22. The fraction of sp³-hybridized carbons (Fsp3) is 0.667. The Morgan fingerprint density at radius 3 is 3.00 bits per heavy atom. The van der Waals surface area contributed by atoms with Gasteiger partial charge in [-0.3, -0.25) is 4.79 Å². The lowest BCUT2D eigenvalue weighted by atomic mass is 9.98. The van der Waals surface area contributed by atoms with Crippen LogP contribution in [0.15, 0.2) is 4.52 Å². The van der Waals surface area contributed by atoms with Gasteiger partial charge in [-0.2, -0.15) is 4.98 Å². The summed E-state index contributed by atoms with van der Waals surface area (Å²) in [5, 5.41) is 9.34. The van der Waals surface area contributed by atoms with Gasteiger partial charge < -0.3 is 15.2 Å². The second kappa shape index (κ2) is 3.98. The quantitative estimate of drug-likeness (QED) is 0.703. The smallest absolute Gasteiger partial charge is 0.292 e. The van der Waals surface area contributed by atoms with Crippen LogP contribution in [0.4, 0.5) is 0 Å². The molecule has 0 spiro atoms. The van der Waals surface area contributed by atoms with E-state index >= 15 is 0 Å². The van der Waals surface area contributed by atoms with Crippen LogP contribution >= 0.6 is 0 Å². The summed E-state index contributed by atoms with van der Waals surface area (Å²) >= 11 is 0. The van der Waals surface area contributed by atoms with Crippen molar-refractivity contribution in [3.8, 4) is 0 Å². The summed E-state index contributed by atoms with van der Waals surface area (Å²) in [6, 6.07) is 0. The largest absolute Gasteiger partial charge is 0.352 e. The van der Waals surface area contributed by atoms with Crippen molar-refractivity contribution < 1.29 is 9.32 Å². The molecule has 1 aliphatic heterocycles. The average molecular weight is 210 g/mol. The molecular formula is C9H14N4O2. The number of amides is 1. The van der Waals surface area contributed by atoms with Gasteiger partial charge in [-0.15, -0.1) is 0 Å². The van der Waals surface area contributed by atoms with Crippen molar-refractivity contribution in [3.63, 3.8) is 0 Å². The molecule has 1 aliphatic rings. The first-order valence-corrected chi connectivity index (χ1v) is 4.98. The Labute approximate surface area is 87.4 Å². The first kappa shape index (κ1) is 10.1. The van der Waals surface area contributed by atoms with Crippen molar-refractivity contribution in [1.29, 1.82) is 0 Å². The highest BCUT2D eigenvalue weighted by Gasteiger charge is 2.30. The maximum atomic E-state index is 11.2. The molecule has 2 atom stereocenters. The van der Waals surface area contributed by atoms with Gasteiger partial charge in [0.1, 0.15) is 0 Å². The molecule has 2 rings (SSSR count). The Morgan fingerprint density at radius 2 is 2.40 bits per heavy atom. The molecule has 0 saturated carbocycles. The minimum Gasteiger partial charge on any atom is -0.352 e. The van der Waals surface area contributed by atoms with E-state index < -0.39 is 0 Å². The fourth-order valence-electron chi connectivity index (χ4n) is 1.73. The Morgan fingerprint density at radius 1 is 1.60 bits per heavy atom. The summed E-state index contributed by atoms with van der Waals surface area (Å²) in [5.41, 5.74) is 0. The number of nitrogens with zero attached hydrogens (tertiary/aromatic N) is 2. The van der Waals surface area contributed by atoms with E-state index in [0.29, 0.717) is 11.8 Å². The second-order valence-corrected chi connectivity index (χ2v) is 3.78. The summed E-state index contributed by atoms with van der Waals surface area (Å²) in [5.74, 6) is 1.01. The molecule has 1 amide bonds. The summed E-state index contributed by atoms with van der Waals surface area (Å²) in [7, 11) is 1.54. The number of hydrogen-bond acceptors (Lipinski definition) is 5. The van der Waals surface area contributed by atoms with Crippen LogP contribution in [0.25, 0.3) is 0 Å². The average Bonchev–Trinajstić information content (AvgIpc) is 2.84. The van der Waals surface area contributed by atoms with Crippen molar-refractivity contribution >= 4 is 5.91 Å². The third kappa shape index (κ3) is 1.85. The van der Waals surface area contributed by atoms with Crippen molar-refractivity contribution in [2.45, 2.75) is 12.8 Å². The zero-order valence-corrected chi connectivity index (χ0v) is 8.78. The third-order valence-corrected chi connectivity index (χ3v) is 2.71. The van der Waals surface area contributed by atoms with Gasteiger partial charge in [0.05, 0.1) is 5.92 Å². The van der Waals surface area contributed by atoms with Gasteiger partial charge in [0.15, 0.2) is 0 Å². The van der Waals surface area contributed by atoms with Gasteiger partial charge in [0.25, 0.3) is 11.7 Å². The molecule has 0 bridgehead atoms. The lowest BCUT2D eigenvalue weighted by Gasteiger charge is -2.07. The molecule has 2 unspecified atom stereocenters. The lowest BCUT2D eigenvalue weighted by molar-refractivity contribution is 0.0950. The van der Waals surface area contributed by atoms with Gasteiger partial charge in [-0.05, 0) is 12.5 Å². The monoisotopic (exact) mass is 210 g/mol. The molecule has 6 heteroatoms. The third-order valence-electron chi connectivity index (χ3n) is 2.71. The van der Waals surface area contributed by atoms with Crippen LogP contribution < -0.4 is 10.6 Å². The van der Waals surface area contributed by atoms with E-state index in [0.717, 1.165) is 13.1 Å². The Balaban J connectivity index is 2.16. The number of hydrogen-bond donors (Lipinski definition) is 2. The van der Waals surface area contributed by atoms with Crippen LogP contribution in [-0.4, -0.2) is 36.2 Å². The van der Waals surface area contributed by atoms with E-state index in [4.69, 9.17) is 4.52 Å². The van der Waals surface area contributed by atoms with E-state index in [1.165, 1.54) is 7.05 Å². The number of nitrogens with one attached hydrogen (secondary N) is 2. The molecule has 2 N–H and O–H groups in total. The second-order valence-electron chi connectivity index (χ2n) is 3.78. The maximum absolute atomic E-state index is 11.2. The van der Waals surface area contributed by atoms with Crippen LogP contribution in [0.2, 0.25) is 0 Å². The van der Waals surface area contributed by atoms with Crippen LogP contribution in [0.3, 0.4) is 0 Å². The van der Waals surface area contributed by atoms with Gasteiger partial charge >= 0.3 is 0 Å². The summed E-state index contributed by atoms with van der Waals surface area (Å²) < 4.78 is 5.08. The highest BCUT2D eigenvalue weighted by Crippen LogP contribution is 2.25. The summed E-state index contributed by atoms with van der Waals surface area (Å²) in [6.07, 6.45) is 0. The van der Waals surface area contributed by atoms with Crippen LogP contribution in [0.5, 0.6) is 0 Å². The van der Waals surface area contributed by atoms with Crippen molar-refractivity contribution in [2.75, 3.05) is 20.1 Å². The number of carbonyl (C=O) groups excluding carboxylic acids is 1. The van der Waals surface area contributed by atoms with Crippen LogP contribution in [0.1, 0.15) is 29.4 Å². The number of aromatic nitrogens is 2. The van der Waals surface area contributed by atoms with Gasteiger partial charge in [0, 0.05) is 13.6 Å². The van der Waals surface area contributed by atoms with Gasteiger partial charge in [-0.1, -0.05) is 12.1 Å². The normalized spacial score (nSPS) is 25.5. The maximum Gasteiger partial charge on any atom is 0.292 e. The molecule has 0 radical (unpaired) electrons. The molecule has 82 valence electrons. The molecule has 0 aromatic carbocycles. The summed E-state index contributed by atoms with van der Waals surface area (Å²) in [4.78, 5) is 15.3. The molecule has 15 heavy (non-hydrogen) atoms. The first-order valence-electron chi connectivity index (χ1n) is 4.98. The highest BCUT2D eigenvalue weighted by molar-refractivity contribution is 5.89. The standard InChI is InChI=1S/C9H14N4O2/c1-5-3-11-4-6(5)9-12-7(13-15-9)8(14)10-2/h5-6,11H,3-4H2,1-2H3,(H,10,14). The van der Waals surface area contributed by atoms with Crippen molar-refractivity contribution in [3.05, 3.63) is 11.7 Å². The highest BCUT2D eigenvalue weighted by atomic mass is 16.5. The molecule has 0 aliphatic carbocycles. The molecule has 1 aromatic rings. The topological polar surface area (TPSA) is 80.0 Å². The van der Waals surface area contributed by atoms with Crippen molar-refractivity contribution in [2.24, 2.45) is 5.92 Å². The van der Waals surface area contributed by atoms with Gasteiger partial charge in [0.2, 0.25) is 5.89 Å². The molecule has 1 saturated heterocycles. The Kier molecular flexibility index (Phi) is 2.68. The summed E-state index contributed by atoms with van der Waals surface area (Å²) in [6.45, 7) is 3.90. The Bertz CT molecular complexity index is 363. The van der Waals surface area contributed by atoms with Crippen molar-refractivity contribution in [1.82, 2.24) is 20.8 Å². The minimum absolute atomic E-state index is 0.103. The molecule has 1 aromatic heterocycles.